The van der Waals surface area contributed by atoms with E-state index in [0.29, 0.717) is 0 Å². The van der Waals surface area contributed by atoms with Gasteiger partial charge in [0.05, 0.1) is 13.1 Å². The number of hydrogen-bond donors (Lipinski definition) is 4. The lowest BCUT2D eigenvalue weighted by Crippen LogP contribution is -2.27. The number of aliphatic carboxylic acids is 3. The summed E-state index contributed by atoms with van der Waals surface area (Å²) in [6.07, 6.45) is 0. The number of rotatable bonds is 5. The highest BCUT2D eigenvalue weighted by atomic mass is 16.4. The molecule has 0 fully saturated rings. The smallest absolute Gasteiger partial charge is 0.330 e. The zero-order chi connectivity index (χ0) is 12.4. The quantitative estimate of drug-likeness (QED) is 0.455. The van der Waals surface area contributed by atoms with Crippen molar-refractivity contribution in [3.05, 3.63) is 12.2 Å². The van der Waals surface area contributed by atoms with Crippen LogP contribution in [0.5, 0.6) is 0 Å². The van der Waals surface area contributed by atoms with Crippen LogP contribution in [-0.2, 0) is 14.4 Å². The van der Waals surface area contributed by atoms with Gasteiger partial charge in [-0.15, -0.1) is 0 Å². The number of carbonyl (C=O) groups is 3. The number of hydrogen-bond acceptors (Lipinski definition) is 4. The second kappa shape index (κ2) is 8.70. The second-order valence-electron chi connectivity index (χ2n) is 2.48. The molecule has 86 valence electrons. The number of carboxylic acids is 3. The van der Waals surface area contributed by atoms with Crippen LogP contribution in [0.15, 0.2) is 12.2 Å². The SMILES string of the molecule is C=C(C)C(=O)O.O=C(O)CNCC(=O)O. The van der Waals surface area contributed by atoms with E-state index in [1.54, 1.807) is 0 Å². The fourth-order valence-corrected chi connectivity index (χ4v) is 0.276. The molecule has 0 aromatic rings. The first-order chi connectivity index (χ1) is 6.77. The molecule has 0 radical (unpaired) electrons. The Labute approximate surface area is 86.0 Å². The van der Waals surface area contributed by atoms with Crippen molar-refractivity contribution < 1.29 is 29.7 Å². The maximum Gasteiger partial charge on any atom is 0.330 e. The van der Waals surface area contributed by atoms with E-state index in [4.69, 9.17) is 15.3 Å². The Morgan fingerprint density at radius 2 is 1.33 bits per heavy atom. The van der Waals surface area contributed by atoms with Crippen molar-refractivity contribution in [2.45, 2.75) is 6.92 Å². The normalized spacial score (nSPS) is 8.33. The molecular weight excluding hydrogens is 206 g/mol. The van der Waals surface area contributed by atoms with E-state index < -0.39 is 17.9 Å². The minimum atomic E-state index is -1.06. The van der Waals surface area contributed by atoms with Gasteiger partial charge in [0.15, 0.2) is 0 Å². The predicted molar refractivity (Wildman–Crippen MR) is 50.6 cm³/mol. The Balaban J connectivity index is 0. The first kappa shape index (κ1) is 15.6. The van der Waals surface area contributed by atoms with E-state index >= 15 is 0 Å². The summed E-state index contributed by atoms with van der Waals surface area (Å²) < 4.78 is 0. The standard InChI is InChI=1S/C4H7NO4.C4H6O2/c6-3(7)1-5-2-4(8)9;1-3(2)4(5)6/h5H,1-2H2,(H,6,7)(H,8,9);1H2,2H3,(H,5,6). The van der Waals surface area contributed by atoms with Crippen molar-refractivity contribution in [2.75, 3.05) is 13.1 Å². The summed E-state index contributed by atoms with van der Waals surface area (Å²) in [5.74, 6) is -3.05. The van der Waals surface area contributed by atoms with Crippen LogP contribution < -0.4 is 5.32 Å². The Hall–Kier alpha value is -1.89. The highest BCUT2D eigenvalue weighted by molar-refractivity contribution is 5.84. The van der Waals surface area contributed by atoms with Crippen LogP contribution >= 0.6 is 0 Å². The number of carboxylic acid groups (broad SMARTS) is 3. The second-order valence-corrected chi connectivity index (χ2v) is 2.48. The molecule has 0 heterocycles. The van der Waals surface area contributed by atoms with Gasteiger partial charge < -0.3 is 15.3 Å². The van der Waals surface area contributed by atoms with E-state index in [-0.39, 0.29) is 18.7 Å². The van der Waals surface area contributed by atoms with Gasteiger partial charge >= 0.3 is 17.9 Å². The Morgan fingerprint density at radius 1 is 1.07 bits per heavy atom. The topological polar surface area (TPSA) is 124 Å². The van der Waals surface area contributed by atoms with Gasteiger partial charge in [-0.05, 0) is 6.92 Å². The maximum absolute atomic E-state index is 9.73. The fraction of sp³-hybridized carbons (Fsp3) is 0.375. The molecule has 4 N–H and O–H groups in total. The van der Waals surface area contributed by atoms with Crippen LogP contribution in [-0.4, -0.2) is 46.3 Å². The van der Waals surface area contributed by atoms with Crippen LogP contribution in [0.25, 0.3) is 0 Å². The van der Waals surface area contributed by atoms with E-state index in [0.717, 1.165) is 0 Å². The zero-order valence-electron chi connectivity index (χ0n) is 8.19. The molecule has 0 saturated heterocycles. The Bertz CT molecular complexity index is 234. The lowest BCUT2D eigenvalue weighted by molar-refractivity contribution is -0.137. The first-order valence-corrected chi connectivity index (χ1v) is 3.80. The Morgan fingerprint density at radius 3 is 1.47 bits per heavy atom. The first-order valence-electron chi connectivity index (χ1n) is 3.80. The van der Waals surface area contributed by atoms with Gasteiger partial charge in [0.1, 0.15) is 0 Å². The van der Waals surface area contributed by atoms with Crippen LogP contribution in [0.3, 0.4) is 0 Å². The summed E-state index contributed by atoms with van der Waals surface area (Å²) >= 11 is 0. The molecule has 0 spiro atoms. The summed E-state index contributed by atoms with van der Waals surface area (Å²) in [5, 5.41) is 26.0. The van der Waals surface area contributed by atoms with Crippen molar-refractivity contribution in [2.24, 2.45) is 0 Å². The molecule has 7 heteroatoms. The molecule has 0 aliphatic rings. The summed E-state index contributed by atoms with van der Waals surface area (Å²) in [6, 6.07) is 0. The predicted octanol–water partition coefficient (Wildman–Crippen LogP) is -0.608. The van der Waals surface area contributed by atoms with Crippen molar-refractivity contribution in [3.8, 4) is 0 Å². The van der Waals surface area contributed by atoms with Gasteiger partial charge in [-0.1, -0.05) is 6.58 Å². The van der Waals surface area contributed by atoms with Crippen LogP contribution in [0.2, 0.25) is 0 Å². The zero-order valence-corrected chi connectivity index (χ0v) is 8.19. The molecule has 0 amide bonds. The molecule has 7 nitrogen and oxygen atoms in total. The largest absolute Gasteiger partial charge is 0.480 e. The Kier molecular flexibility index (Phi) is 9.03. The third kappa shape index (κ3) is 18.8. The maximum atomic E-state index is 9.73. The molecule has 0 atom stereocenters. The molecular formula is C8H13NO6. The van der Waals surface area contributed by atoms with Gasteiger partial charge in [-0.3, -0.25) is 14.9 Å². The molecule has 0 aliphatic heterocycles. The van der Waals surface area contributed by atoms with E-state index in [1.165, 1.54) is 6.92 Å². The van der Waals surface area contributed by atoms with Crippen molar-refractivity contribution >= 4 is 17.9 Å². The molecule has 0 rings (SSSR count). The highest BCUT2D eigenvalue weighted by Gasteiger charge is 1.97. The third-order valence-electron chi connectivity index (χ3n) is 0.918. The molecule has 15 heavy (non-hydrogen) atoms. The fourth-order valence-electron chi connectivity index (χ4n) is 0.276. The molecule has 0 aliphatic carbocycles. The van der Waals surface area contributed by atoms with Crippen LogP contribution in [0, 0.1) is 0 Å². The summed E-state index contributed by atoms with van der Waals surface area (Å²) in [7, 11) is 0. The van der Waals surface area contributed by atoms with E-state index in [1.807, 2.05) is 0 Å². The van der Waals surface area contributed by atoms with Gasteiger partial charge in [0.25, 0.3) is 0 Å². The third-order valence-corrected chi connectivity index (χ3v) is 0.918. The molecule has 0 unspecified atom stereocenters. The summed E-state index contributed by atoms with van der Waals surface area (Å²) in [4.78, 5) is 29.1. The monoisotopic (exact) mass is 219 g/mol. The molecule has 0 saturated carbocycles. The minimum Gasteiger partial charge on any atom is -0.480 e. The lowest BCUT2D eigenvalue weighted by Gasteiger charge is -1.93. The number of nitrogens with one attached hydrogen (secondary N) is 1. The highest BCUT2D eigenvalue weighted by Crippen LogP contribution is 1.81. The van der Waals surface area contributed by atoms with E-state index in [2.05, 4.69) is 11.9 Å². The van der Waals surface area contributed by atoms with Gasteiger partial charge in [-0.2, -0.15) is 0 Å². The van der Waals surface area contributed by atoms with Gasteiger partial charge in [0, 0.05) is 5.57 Å². The molecule has 0 aromatic carbocycles. The van der Waals surface area contributed by atoms with Crippen molar-refractivity contribution in [3.63, 3.8) is 0 Å². The minimum absolute atomic E-state index is 0.176. The van der Waals surface area contributed by atoms with Crippen molar-refractivity contribution in [1.29, 1.82) is 0 Å². The van der Waals surface area contributed by atoms with Gasteiger partial charge in [-0.25, -0.2) is 4.79 Å². The molecule has 0 aromatic heterocycles. The molecule has 0 bridgehead atoms. The summed E-state index contributed by atoms with van der Waals surface area (Å²) in [6.45, 7) is 3.98. The average Bonchev–Trinajstić information content (AvgIpc) is 2.03. The van der Waals surface area contributed by atoms with Crippen molar-refractivity contribution in [1.82, 2.24) is 5.32 Å². The van der Waals surface area contributed by atoms with E-state index in [9.17, 15) is 14.4 Å². The van der Waals surface area contributed by atoms with Gasteiger partial charge in [0.2, 0.25) is 0 Å². The average molecular weight is 219 g/mol. The van der Waals surface area contributed by atoms with Crippen LogP contribution in [0.1, 0.15) is 6.92 Å². The van der Waals surface area contributed by atoms with Crippen LogP contribution in [0.4, 0.5) is 0 Å². The lowest BCUT2D eigenvalue weighted by atomic mass is 10.4. The summed E-state index contributed by atoms with van der Waals surface area (Å²) in [5.41, 5.74) is 0.176.